The summed E-state index contributed by atoms with van der Waals surface area (Å²) in [6.45, 7) is 2.26. The molecule has 3 N–H and O–H groups in total. The number of aliphatic carboxylic acids is 1. The molecule has 5 heteroatoms. The molecule has 0 bridgehead atoms. The summed E-state index contributed by atoms with van der Waals surface area (Å²) in [5, 5.41) is 21.3. The number of nitrogens with one attached hydrogen (secondary N) is 1. The third-order valence-electron chi connectivity index (χ3n) is 6.18. The van der Waals surface area contributed by atoms with E-state index in [1.165, 1.54) is 89.2 Å². The van der Waals surface area contributed by atoms with Crippen LogP contribution in [0.4, 0.5) is 0 Å². The Morgan fingerprint density at radius 1 is 0.794 bits per heavy atom. The Balaban J connectivity index is 1.98. The van der Waals surface area contributed by atoms with Gasteiger partial charge in [-0.3, -0.25) is 4.79 Å². The summed E-state index contributed by atoms with van der Waals surface area (Å²) in [4.78, 5) is 23.6. The molecule has 0 radical (unpaired) electrons. The van der Waals surface area contributed by atoms with Gasteiger partial charge in [0.15, 0.2) is 0 Å². The van der Waals surface area contributed by atoms with Gasteiger partial charge in [0.1, 0.15) is 11.8 Å². The average Bonchev–Trinajstić information content (AvgIpc) is 2.82. The SMILES string of the molecule is CCCCCCCC/C=C\CCCCCCCCCC(=O)N[C@@H](Cc1ccc(O)cc1)C(=O)O. The topological polar surface area (TPSA) is 86.6 Å². The number of phenolic OH excluding ortho intramolecular Hbond substituents is 1. The monoisotopic (exact) mass is 473 g/mol. The van der Waals surface area contributed by atoms with Crippen molar-refractivity contribution in [2.45, 2.75) is 122 Å². The van der Waals surface area contributed by atoms with Crippen LogP contribution in [-0.4, -0.2) is 28.1 Å². The quantitative estimate of drug-likeness (QED) is 0.129. The number of unbranched alkanes of at least 4 members (excludes halogenated alkanes) is 13. The molecule has 0 fully saturated rings. The number of hydrogen-bond donors (Lipinski definition) is 3. The molecule has 5 nitrogen and oxygen atoms in total. The number of hydrogen-bond acceptors (Lipinski definition) is 3. The zero-order valence-corrected chi connectivity index (χ0v) is 21.3. The van der Waals surface area contributed by atoms with Crippen molar-refractivity contribution in [1.82, 2.24) is 5.32 Å². The molecule has 0 unspecified atom stereocenters. The Morgan fingerprint density at radius 3 is 1.82 bits per heavy atom. The minimum absolute atomic E-state index is 0.135. The van der Waals surface area contributed by atoms with E-state index in [-0.39, 0.29) is 18.1 Å². The van der Waals surface area contributed by atoms with E-state index >= 15 is 0 Å². The van der Waals surface area contributed by atoms with Crippen LogP contribution < -0.4 is 5.32 Å². The van der Waals surface area contributed by atoms with Crippen LogP contribution in [0.25, 0.3) is 0 Å². The number of benzene rings is 1. The molecule has 0 saturated carbocycles. The highest BCUT2D eigenvalue weighted by Crippen LogP contribution is 2.13. The number of rotatable bonds is 21. The zero-order chi connectivity index (χ0) is 24.9. The van der Waals surface area contributed by atoms with E-state index in [2.05, 4.69) is 24.4 Å². The normalized spacial score (nSPS) is 12.1. The van der Waals surface area contributed by atoms with Crippen LogP contribution in [0.3, 0.4) is 0 Å². The van der Waals surface area contributed by atoms with E-state index in [0.717, 1.165) is 24.8 Å². The lowest BCUT2D eigenvalue weighted by Gasteiger charge is -2.14. The van der Waals surface area contributed by atoms with Crippen LogP contribution in [0.2, 0.25) is 0 Å². The number of aromatic hydroxyl groups is 1. The van der Waals surface area contributed by atoms with E-state index in [1.54, 1.807) is 12.1 Å². The average molecular weight is 474 g/mol. The Bertz CT molecular complexity index is 684. The number of carbonyl (C=O) groups excluding carboxylic acids is 1. The van der Waals surface area contributed by atoms with Gasteiger partial charge in [-0.1, -0.05) is 95.4 Å². The standard InChI is InChI=1S/C29H47NO4/c1-2-3-4-5-6-7-8-9-10-11-12-13-14-15-16-17-18-19-28(32)30-27(29(33)34)24-25-20-22-26(31)23-21-25/h9-10,20-23,27,31H,2-8,11-19,24H2,1H3,(H,30,32)(H,33,34)/b10-9-/t27-/m0/s1. The number of carboxylic acids is 1. The van der Waals surface area contributed by atoms with Gasteiger partial charge >= 0.3 is 5.97 Å². The number of phenols is 1. The van der Waals surface area contributed by atoms with Gasteiger partial charge in [0.25, 0.3) is 0 Å². The first kappa shape index (κ1) is 29.7. The molecule has 0 spiro atoms. The molecule has 0 aliphatic carbocycles. The van der Waals surface area contributed by atoms with E-state index in [4.69, 9.17) is 0 Å². The van der Waals surface area contributed by atoms with Crippen molar-refractivity contribution >= 4 is 11.9 Å². The molecule has 1 atom stereocenters. The maximum atomic E-state index is 12.1. The first-order valence-electron chi connectivity index (χ1n) is 13.5. The fourth-order valence-electron chi connectivity index (χ4n) is 4.04. The largest absolute Gasteiger partial charge is 0.508 e. The Kier molecular flexibility index (Phi) is 17.6. The van der Waals surface area contributed by atoms with Crippen LogP contribution in [-0.2, 0) is 16.0 Å². The summed E-state index contributed by atoms with van der Waals surface area (Å²) in [5.74, 6) is -1.12. The first-order chi connectivity index (χ1) is 16.5. The van der Waals surface area contributed by atoms with Crippen molar-refractivity contribution in [2.75, 3.05) is 0 Å². The maximum Gasteiger partial charge on any atom is 0.326 e. The van der Waals surface area contributed by atoms with Crippen LogP contribution in [0.5, 0.6) is 5.75 Å². The van der Waals surface area contributed by atoms with Crippen molar-refractivity contribution < 1.29 is 19.8 Å². The summed E-state index contributed by atoms with van der Waals surface area (Å²) in [7, 11) is 0. The Hall–Kier alpha value is -2.30. The molecule has 192 valence electrons. The van der Waals surface area contributed by atoms with Crippen molar-refractivity contribution in [1.29, 1.82) is 0 Å². The van der Waals surface area contributed by atoms with Gasteiger partial charge in [-0.15, -0.1) is 0 Å². The molecular formula is C29H47NO4. The molecule has 0 saturated heterocycles. The lowest BCUT2D eigenvalue weighted by Crippen LogP contribution is -2.42. The predicted octanol–water partition coefficient (Wildman–Crippen LogP) is 7.32. The molecule has 1 aromatic carbocycles. The van der Waals surface area contributed by atoms with Gasteiger partial charge in [0, 0.05) is 12.8 Å². The number of carboxylic acid groups (broad SMARTS) is 1. The molecule has 34 heavy (non-hydrogen) atoms. The van der Waals surface area contributed by atoms with Crippen molar-refractivity contribution in [3.05, 3.63) is 42.0 Å². The molecule has 0 aliphatic rings. The minimum Gasteiger partial charge on any atom is -0.508 e. The fourth-order valence-corrected chi connectivity index (χ4v) is 4.04. The van der Waals surface area contributed by atoms with E-state index in [1.807, 2.05) is 0 Å². The van der Waals surface area contributed by atoms with Crippen molar-refractivity contribution in [3.63, 3.8) is 0 Å². The molecular weight excluding hydrogens is 426 g/mol. The second-order valence-corrected chi connectivity index (χ2v) is 9.37. The highest BCUT2D eigenvalue weighted by molar-refractivity contribution is 5.83. The lowest BCUT2D eigenvalue weighted by molar-refractivity contribution is -0.141. The highest BCUT2D eigenvalue weighted by Gasteiger charge is 2.20. The summed E-state index contributed by atoms with van der Waals surface area (Å²) in [6.07, 6.45) is 23.7. The predicted molar refractivity (Wildman–Crippen MR) is 140 cm³/mol. The summed E-state index contributed by atoms with van der Waals surface area (Å²) < 4.78 is 0. The number of amides is 1. The molecule has 0 aromatic heterocycles. The molecule has 0 aliphatic heterocycles. The van der Waals surface area contributed by atoms with Gasteiger partial charge in [-0.05, 0) is 49.8 Å². The molecule has 0 heterocycles. The van der Waals surface area contributed by atoms with E-state index < -0.39 is 12.0 Å². The van der Waals surface area contributed by atoms with Gasteiger partial charge < -0.3 is 15.5 Å². The van der Waals surface area contributed by atoms with Gasteiger partial charge in [0.05, 0.1) is 0 Å². The maximum absolute atomic E-state index is 12.1. The fraction of sp³-hybridized carbons (Fsp3) is 0.655. The first-order valence-corrected chi connectivity index (χ1v) is 13.5. The third-order valence-corrected chi connectivity index (χ3v) is 6.18. The summed E-state index contributed by atoms with van der Waals surface area (Å²) >= 11 is 0. The Labute approximate surface area is 207 Å². The zero-order valence-electron chi connectivity index (χ0n) is 21.3. The van der Waals surface area contributed by atoms with Crippen LogP contribution >= 0.6 is 0 Å². The smallest absolute Gasteiger partial charge is 0.326 e. The van der Waals surface area contributed by atoms with E-state index in [0.29, 0.717) is 6.42 Å². The van der Waals surface area contributed by atoms with Crippen LogP contribution in [0.1, 0.15) is 115 Å². The van der Waals surface area contributed by atoms with Crippen LogP contribution in [0.15, 0.2) is 36.4 Å². The number of carbonyl (C=O) groups is 2. The Morgan fingerprint density at radius 2 is 1.29 bits per heavy atom. The van der Waals surface area contributed by atoms with Gasteiger partial charge in [0.2, 0.25) is 5.91 Å². The second kappa shape index (κ2) is 20.1. The highest BCUT2D eigenvalue weighted by atomic mass is 16.4. The van der Waals surface area contributed by atoms with Crippen molar-refractivity contribution in [2.24, 2.45) is 0 Å². The van der Waals surface area contributed by atoms with Crippen molar-refractivity contribution in [3.8, 4) is 5.75 Å². The number of allylic oxidation sites excluding steroid dienone is 2. The van der Waals surface area contributed by atoms with Gasteiger partial charge in [-0.2, -0.15) is 0 Å². The molecule has 1 amide bonds. The van der Waals surface area contributed by atoms with E-state index in [9.17, 15) is 19.8 Å². The minimum atomic E-state index is -1.04. The summed E-state index contributed by atoms with van der Waals surface area (Å²) in [6, 6.07) is 5.43. The van der Waals surface area contributed by atoms with Crippen LogP contribution in [0, 0.1) is 0 Å². The second-order valence-electron chi connectivity index (χ2n) is 9.37. The van der Waals surface area contributed by atoms with Gasteiger partial charge in [-0.25, -0.2) is 4.79 Å². The molecule has 1 aromatic rings. The molecule has 1 rings (SSSR count). The lowest BCUT2D eigenvalue weighted by atomic mass is 10.0. The summed E-state index contributed by atoms with van der Waals surface area (Å²) in [5.41, 5.74) is 0.763. The third kappa shape index (κ3) is 16.3.